The van der Waals surface area contributed by atoms with Crippen molar-refractivity contribution in [3.63, 3.8) is 0 Å². The molecule has 0 aliphatic carbocycles. The third-order valence-corrected chi connectivity index (χ3v) is 5.77. The molecule has 0 amide bonds. The molecule has 4 heterocycles. The van der Waals surface area contributed by atoms with Gasteiger partial charge in [-0.15, -0.1) is 4.67 Å². The topological polar surface area (TPSA) is 139 Å². The van der Waals surface area contributed by atoms with Crippen molar-refractivity contribution < 1.29 is 34.0 Å². The molecule has 1 unspecified atom stereocenters. The highest BCUT2D eigenvalue weighted by Crippen LogP contribution is 2.38. The summed E-state index contributed by atoms with van der Waals surface area (Å²) < 4.78 is 22.8. The first kappa shape index (κ1) is 21.9. The molecule has 30 heavy (non-hydrogen) atoms. The summed E-state index contributed by atoms with van der Waals surface area (Å²) in [6, 6.07) is 1.82. The Kier molecular flexibility index (Phi) is 6.34. The zero-order valence-corrected chi connectivity index (χ0v) is 17.9. The number of piperidine rings is 1. The van der Waals surface area contributed by atoms with Crippen LogP contribution in [0.15, 0.2) is 12.3 Å². The van der Waals surface area contributed by atoms with Gasteiger partial charge in [0, 0.05) is 26.0 Å². The second-order valence-corrected chi connectivity index (χ2v) is 9.63. The molecule has 2 fully saturated rings. The molecule has 13 heteroatoms. The molecule has 166 valence electrons. The molecule has 3 N–H and O–H groups in total. The van der Waals surface area contributed by atoms with E-state index in [0.29, 0.717) is 5.65 Å². The normalized spacial score (nSPS) is 29.4. The van der Waals surface area contributed by atoms with E-state index in [1.54, 1.807) is 10.8 Å². The van der Waals surface area contributed by atoms with Gasteiger partial charge in [0.05, 0.1) is 5.39 Å². The molecule has 4 rings (SSSR count). The number of halogens is 1. The first-order valence-corrected chi connectivity index (χ1v) is 12.1. The third-order valence-electron chi connectivity index (χ3n) is 5.21. The van der Waals surface area contributed by atoms with Gasteiger partial charge < -0.3 is 29.3 Å². The molecule has 2 saturated heterocycles. The maximum Gasteiger partial charge on any atom is 0.352 e. The molecule has 2 aliphatic heterocycles. The largest absolute Gasteiger partial charge is 0.387 e. The SMILES string of the molecule is CP(=O)(O)OOC[C@H]1O[C@@H](n2ccc3c(N4CCCCC4)nc(Cl)nc32)[C@H](O)[C@@H]1O. The van der Waals surface area contributed by atoms with E-state index in [2.05, 4.69) is 19.5 Å². The average Bonchev–Trinajstić information content (AvgIpc) is 3.23. The lowest BCUT2D eigenvalue weighted by Crippen LogP contribution is -2.33. The molecule has 0 bridgehead atoms. The van der Waals surface area contributed by atoms with Gasteiger partial charge in [-0.25, -0.2) is 4.89 Å². The van der Waals surface area contributed by atoms with Gasteiger partial charge in [0.15, 0.2) is 6.23 Å². The summed E-state index contributed by atoms with van der Waals surface area (Å²) in [6.07, 6.45) is 0.481. The van der Waals surface area contributed by atoms with E-state index >= 15 is 0 Å². The molecular weight excluding hydrogens is 439 g/mol. The van der Waals surface area contributed by atoms with Gasteiger partial charge in [-0.2, -0.15) is 9.97 Å². The lowest BCUT2D eigenvalue weighted by molar-refractivity contribution is -0.238. The Balaban J connectivity index is 1.58. The number of aliphatic hydroxyl groups is 2. The molecule has 11 nitrogen and oxygen atoms in total. The lowest BCUT2D eigenvalue weighted by atomic mass is 10.1. The van der Waals surface area contributed by atoms with Gasteiger partial charge in [-0.1, -0.05) is 0 Å². The zero-order chi connectivity index (χ0) is 21.5. The number of aromatic nitrogens is 3. The Bertz CT molecular complexity index is 948. The summed E-state index contributed by atoms with van der Waals surface area (Å²) >= 11 is 6.18. The Hall–Kier alpha value is -1.30. The lowest BCUT2D eigenvalue weighted by Gasteiger charge is -2.28. The second kappa shape index (κ2) is 8.68. The fraction of sp³-hybridized carbons (Fsp3) is 0.647. The van der Waals surface area contributed by atoms with Gasteiger partial charge in [0.2, 0.25) is 5.28 Å². The van der Waals surface area contributed by atoms with E-state index in [4.69, 9.17) is 26.1 Å². The molecular formula is C17H24ClN4O7P. The molecule has 5 atom stereocenters. The number of rotatable bonds is 6. The minimum absolute atomic E-state index is 0.0750. The van der Waals surface area contributed by atoms with Gasteiger partial charge >= 0.3 is 7.60 Å². The summed E-state index contributed by atoms with van der Waals surface area (Å²) in [4.78, 5) is 24.7. The van der Waals surface area contributed by atoms with Crippen LogP contribution in [0.3, 0.4) is 0 Å². The van der Waals surface area contributed by atoms with Crippen molar-refractivity contribution in [2.75, 3.05) is 31.3 Å². The number of anilines is 1. The highest BCUT2D eigenvalue weighted by molar-refractivity contribution is 7.51. The van der Waals surface area contributed by atoms with Crippen LogP contribution in [0.25, 0.3) is 11.0 Å². The standard InChI is InChI=1S/C17H24ClN4O7P/c1-30(25,26)29-27-9-11-12(23)13(24)16(28-11)22-8-5-10-14(19-17(18)20-15(10)22)21-6-3-2-4-7-21/h5,8,11-13,16,23-24H,2-4,6-7,9H2,1H3,(H,25,26)/t11-,12-,13-,16-/m1/s1. The number of fused-ring (bicyclic) bond motifs is 1. The Morgan fingerprint density at radius 2 is 2.00 bits per heavy atom. The zero-order valence-electron chi connectivity index (χ0n) is 16.3. The van der Waals surface area contributed by atoms with Crippen molar-refractivity contribution >= 4 is 36.0 Å². The van der Waals surface area contributed by atoms with Crippen LogP contribution in [0.1, 0.15) is 25.5 Å². The summed E-state index contributed by atoms with van der Waals surface area (Å²) in [5.41, 5.74) is 0.470. The minimum Gasteiger partial charge on any atom is -0.387 e. The summed E-state index contributed by atoms with van der Waals surface area (Å²) in [5, 5.41) is 21.7. The van der Waals surface area contributed by atoms with Gasteiger partial charge in [-0.05, 0) is 36.9 Å². The van der Waals surface area contributed by atoms with Crippen LogP contribution in [0, 0.1) is 0 Å². The number of hydrogen-bond donors (Lipinski definition) is 3. The fourth-order valence-electron chi connectivity index (χ4n) is 3.84. The molecule has 0 saturated carbocycles. The van der Waals surface area contributed by atoms with E-state index in [-0.39, 0.29) is 11.9 Å². The number of ether oxygens (including phenoxy) is 1. The van der Waals surface area contributed by atoms with Crippen LogP contribution < -0.4 is 4.90 Å². The van der Waals surface area contributed by atoms with Crippen molar-refractivity contribution in [2.24, 2.45) is 0 Å². The van der Waals surface area contributed by atoms with Crippen molar-refractivity contribution in [3.8, 4) is 0 Å². The van der Waals surface area contributed by atoms with Gasteiger partial charge in [0.1, 0.15) is 36.4 Å². The highest BCUT2D eigenvalue weighted by atomic mass is 35.5. The van der Waals surface area contributed by atoms with Crippen LogP contribution in [-0.2, 0) is 18.9 Å². The van der Waals surface area contributed by atoms with Crippen LogP contribution in [0.5, 0.6) is 0 Å². The quantitative estimate of drug-likeness (QED) is 0.250. The Morgan fingerprint density at radius 1 is 1.27 bits per heavy atom. The summed E-state index contributed by atoms with van der Waals surface area (Å²) in [7, 11) is -3.84. The van der Waals surface area contributed by atoms with Gasteiger partial charge in [-0.3, -0.25) is 4.57 Å². The molecule has 2 aromatic heterocycles. The molecule has 0 aromatic carbocycles. The highest BCUT2D eigenvalue weighted by Gasteiger charge is 2.44. The van der Waals surface area contributed by atoms with E-state index in [1.807, 2.05) is 6.07 Å². The Labute approximate surface area is 177 Å². The molecule has 2 aromatic rings. The maximum atomic E-state index is 11.1. The van der Waals surface area contributed by atoms with Crippen molar-refractivity contribution in [1.82, 2.24) is 14.5 Å². The third kappa shape index (κ3) is 4.49. The van der Waals surface area contributed by atoms with E-state index in [9.17, 15) is 14.8 Å². The first-order chi connectivity index (χ1) is 14.2. The number of hydrogen-bond acceptors (Lipinski definition) is 9. The van der Waals surface area contributed by atoms with Gasteiger partial charge in [0.25, 0.3) is 0 Å². The van der Waals surface area contributed by atoms with E-state index < -0.39 is 32.1 Å². The molecule has 0 radical (unpaired) electrons. The molecule has 0 spiro atoms. The van der Waals surface area contributed by atoms with Crippen LogP contribution >= 0.6 is 19.2 Å². The average molecular weight is 463 g/mol. The second-order valence-electron chi connectivity index (χ2n) is 7.53. The Morgan fingerprint density at radius 3 is 2.70 bits per heavy atom. The minimum atomic E-state index is -3.84. The molecule has 2 aliphatic rings. The predicted octanol–water partition coefficient (Wildman–Crippen LogP) is 1.46. The van der Waals surface area contributed by atoms with E-state index in [1.165, 1.54) is 6.42 Å². The predicted molar refractivity (Wildman–Crippen MR) is 107 cm³/mol. The first-order valence-electron chi connectivity index (χ1n) is 9.67. The van der Waals surface area contributed by atoms with Crippen molar-refractivity contribution in [3.05, 3.63) is 17.5 Å². The fourth-order valence-corrected chi connectivity index (χ4v) is 4.25. The maximum absolute atomic E-state index is 11.1. The number of nitrogens with zero attached hydrogens (tertiary/aromatic N) is 4. The van der Waals surface area contributed by atoms with Crippen molar-refractivity contribution in [1.29, 1.82) is 0 Å². The van der Waals surface area contributed by atoms with Crippen molar-refractivity contribution in [2.45, 2.75) is 43.8 Å². The van der Waals surface area contributed by atoms with E-state index in [0.717, 1.165) is 43.8 Å². The monoisotopic (exact) mass is 462 g/mol. The summed E-state index contributed by atoms with van der Waals surface area (Å²) in [6.45, 7) is 2.37. The smallest absolute Gasteiger partial charge is 0.352 e. The summed E-state index contributed by atoms with van der Waals surface area (Å²) in [5.74, 6) is 0.728. The van der Waals surface area contributed by atoms with Crippen LogP contribution in [0.4, 0.5) is 5.82 Å². The van der Waals surface area contributed by atoms with Crippen LogP contribution in [0.2, 0.25) is 5.28 Å². The number of aliphatic hydroxyl groups excluding tert-OH is 2. The van der Waals surface area contributed by atoms with Crippen LogP contribution in [-0.4, -0.2) is 74.3 Å².